The lowest BCUT2D eigenvalue weighted by molar-refractivity contribution is -0.0500. The van der Waals surface area contributed by atoms with E-state index in [9.17, 15) is 4.79 Å². The van der Waals surface area contributed by atoms with Gasteiger partial charge in [0, 0.05) is 24.7 Å². The summed E-state index contributed by atoms with van der Waals surface area (Å²) in [4.78, 5) is 17.7. The molecular formula is C14H19BrN4O2. The lowest BCUT2D eigenvalue weighted by Crippen LogP contribution is -2.62. The molecule has 1 aliphatic carbocycles. The first-order valence-corrected chi connectivity index (χ1v) is 7.78. The molecular weight excluding hydrogens is 336 g/mol. The summed E-state index contributed by atoms with van der Waals surface area (Å²) in [5.74, 6) is 0. The summed E-state index contributed by atoms with van der Waals surface area (Å²) >= 11 is 3.23. The Kier molecular flexibility index (Phi) is 3.35. The molecule has 114 valence electrons. The number of nitrogens with zero attached hydrogens (tertiary/aromatic N) is 4. The average molecular weight is 355 g/mol. The third-order valence-electron chi connectivity index (χ3n) is 3.70. The monoisotopic (exact) mass is 354 g/mol. The molecule has 1 aliphatic heterocycles. The van der Waals surface area contributed by atoms with E-state index in [0.717, 1.165) is 25.9 Å². The molecule has 1 aromatic heterocycles. The molecule has 1 amide bonds. The Hall–Kier alpha value is -1.37. The van der Waals surface area contributed by atoms with Crippen LogP contribution in [0.1, 0.15) is 33.6 Å². The second-order valence-corrected chi connectivity index (χ2v) is 7.68. The largest absolute Gasteiger partial charge is 0.444 e. The van der Waals surface area contributed by atoms with Crippen molar-refractivity contribution in [1.82, 2.24) is 19.7 Å². The van der Waals surface area contributed by atoms with Crippen LogP contribution in [0.25, 0.3) is 6.20 Å². The molecule has 3 rings (SSSR count). The third-order valence-corrected chi connectivity index (χ3v) is 4.07. The molecule has 7 heteroatoms. The van der Waals surface area contributed by atoms with Crippen molar-refractivity contribution in [3.05, 3.63) is 16.6 Å². The normalized spacial score (nSPS) is 20.0. The molecule has 2 aliphatic rings. The maximum atomic E-state index is 11.9. The van der Waals surface area contributed by atoms with Crippen LogP contribution in [-0.2, 0) is 4.74 Å². The molecule has 0 unspecified atom stereocenters. The van der Waals surface area contributed by atoms with Gasteiger partial charge in [-0.2, -0.15) is 0 Å². The Labute approximate surface area is 132 Å². The van der Waals surface area contributed by atoms with Crippen molar-refractivity contribution >= 4 is 28.2 Å². The van der Waals surface area contributed by atoms with E-state index >= 15 is 0 Å². The number of ether oxygens (including phenoxy) is 1. The zero-order chi connectivity index (χ0) is 15.3. The Morgan fingerprint density at radius 1 is 1.43 bits per heavy atom. The standard InChI is InChI=1S/C14H19BrN4O2/c1-13(2,3)21-12(20)18-7-14(8-18)4-10(5-14)6-19-9-16-11(15)17-19/h6,9H,4-5,7-8H2,1-3H3. The predicted octanol–water partition coefficient (Wildman–Crippen LogP) is 2.91. The molecule has 0 aromatic carbocycles. The first-order chi connectivity index (χ1) is 9.75. The quantitative estimate of drug-likeness (QED) is 0.777. The van der Waals surface area contributed by atoms with Gasteiger partial charge >= 0.3 is 6.09 Å². The summed E-state index contributed by atoms with van der Waals surface area (Å²) in [5.41, 5.74) is 1.18. The van der Waals surface area contributed by atoms with Gasteiger partial charge in [0.1, 0.15) is 11.9 Å². The predicted molar refractivity (Wildman–Crippen MR) is 81.5 cm³/mol. The number of halogens is 1. The van der Waals surface area contributed by atoms with E-state index in [4.69, 9.17) is 4.74 Å². The molecule has 1 spiro atoms. The van der Waals surface area contributed by atoms with E-state index < -0.39 is 5.60 Å². The minimum absolute atomic E-state index is 0.203. The van der Waals surface area contributed by atoms with Crippen LogP contribution < -0.4 is 0 Å². The highest BCUT2D eigenvalue weighted by molar-refractivity contribution is 9.10. The molecule has 6 nitrogen and oxygen atoms in total. The smallest absolute Gasteiger partial charge is 0.410 e. The Morgan fingerprint density at radius 3 is 2.62 bits per heavy atom. The first kappa shape index (κ1) is 14.6. The number of rotatable bonds is 1. The topological polar surface area (TPSA) is 60.2 Å². The van der Waals surface area contributed by atoms with Gasteiger partial charge in [0.15, 0.2) is 0 Å². The van der Waals surface area contributed by atoms with Crippen molar-refractivity contribution in [1.29, 1.82) is 0 Å². The molecule has 0 bridgehead atoms. The number of hydrogen-bond acceptors (Lipinski definition) is 4. The SMILES string of the molecule is CC(C)(C)OC(=O)N1CC2(CC(=Cn3cnc(Br)n3)C2)C1. The molecule has 2 fully saturated rings. The molecule has 1 aromatic rings. The second kappa shape index (κ2) is 4.83. The van der Waals surface area contributed by atoms with Crippen LogP contribution >= 0.6 is 15.9 Å². The Bertz CT molecular complexity index is 586. The second-order valence-electron chi connectivity index (χ2n) is 6.97. The highest BCUT2D eigenvalue weighted by atomic mass is 79.9. The number of carbonyl (C=O) groups excluding carboxylic acids is 1. The van der Waals surface area contributed by atoms with Gasteiger partial charge in [0.2, 0.25) is 4.73 Å². The molecule has 1 saturated carbocycles. The zero-order valence-electron chi connectivity index (χ0n) is 12.5. The molecule has 2 heterocycles. The lowest BCUT2D eigenvalue weighted by Gasteiger charge is -2.56. The Morgan fingerprint density at radius 2 is 2.10 bits per heavy atom. The highest BCUT2D eigenvalue weighted by Gasteiger charge is 2.52. The number of aromatic nitrogens is 3. The van der Waals surface area contributed by atoms with Crippen LogP contribution in [0.3, 0.4) is 0 Å². The number of carbonyl (C=O) groups is 1. The summed E-state index contributed by atoms with van der Waals surface area (Å²) in [7, 11) is 0. The van der Waals surface area contributed by atoms with Crippen LogP contribution in [0.2, 0.25) is 0 Å². The number of likely N-dealkylation sites (tertiary alicyclic amines) is 1. The van der Waals surface area contributed by atoms with Crippen LogP contribution in [0.15, 0.2) is 16.6 Å². The first-order valence-electron chi connectivity index (χ1n) is 6.99. The van der Waals surface area contributed by atoms with Crippen molar-refractivity contribution in [2.24, 2.45) is 5.41 Å². The van der Waals surface area contributed by atoms with Crippen molar-refractivity contribution in [2.75, 3.05) is 13.1 Å². The fourth-order valence-corrected chi connectivity index (χ4v) is 3.22. The third kappa shape index (κ3) is 3.12. The maximum Gasteiger partial charge on any atom is 0.410 e. The van der Waals surface area contributed by atoms with E-state index in [2.05, 4.69) is 26.0 Å². The van der Waals surface area contributed by atoms with Gasteiger partial charge < -0.3 is 9.64 Å². The Balaban J connectivity index is 1.50. The lowest BCUT2D eigenvalue weighted by atomic mass is 9.61. The number of allylic oxidation sites excluding steroid dienone is 1. The van der Waals surface area contributed by atoms with Crippen LogP contribution in [0.5, 0.6) is 0 Å². The van der Waals surface area contributed by atoms with Crippen LogP contribution in [-0.4, -0.2) is 44.4 Å². The van der Waals surface area contributed by atoms with E-state index in [0.29, 0.717) is 4.73 Å². The van der Waals surface area contributed by atoms with E-state index in [1.165, 1.54) is 5.57 Å². The van der Waals surface area contributed by atoms with Crippen LogP contribution in [0, 0.1) is 5.41 Å². The van der Waals surface area contributed by atoms with Gasteiger partial charge in [-0.1, -0.05) is 5.57 Å². The van der Waals surface area contributed by atoms with Gasteiger partial charge in [-0.3, -0.25) is 0 Å². The van der Waals surface area contributed by atoms with Gasteiger partial charge in [-0.15, -0.1) is 5.10 Å². The van der Waals surface area contributed by atoms with Crippen molar-refractivity contribution in [3.63, 3.8) is 0 Å². The molecule has 0 N–H and O–H groups in total. The summed E-state index contributed by atoms with van der Waals surface area (Å²) in [6, 6.07) is 0. The van der Waals surface area contributed by atoms with Crippen molar-refractivity contribution in [2.45, 2.75) is 39.2 Å². The van der Waals surface area contributed by atoms with Gasteiger partial charge in [-0.05, 0) is 49.5 Å². The summed E-state index contributed by atoms with van der Waals surface area (Å²) in [6.45, 7) is 7.25. The number of amides is 1. The summed E-state index contributed by atoms with van der Waals surface area (Å²) < 4.78 is 7.68. The maximum absolute atomic E-state index is 11.9. The minimum Gasteiger partial charge on any atom is -0.444 e. The fraction of sp³-hybridized carbons (Fsp3) is 0.643. The van der Waals surface area contributed by atoms with E-state index in [1.807, 2.05) is 27.0 Å². The van der Waals surface area contributed by atoms with Gasteiger partial charge in [0.05, 0.1) is 0 Å². The average Bonchev–Trinajstić information content (AvgIpc) is 2.62. The van der Waals surface area contributed by atoms with E-state index in [1.54, 1.807) is 15.9 Å². The number of hydrogen-bond donors (Lipinski definition) is 0. The van der Waals surface area contributed by atoms with Crippen molar-refractivity contribution < 1.29 is 9.53 Å². The fourth-order valence-electron chi connectivity index (χ4n) is 2.95. The van der Waals surface area contributed by atoms with E-state index in [-0.39, 0.29) is 11.5 Å². The minimum atomic E-state index is -0.426. The zero-order valence-corrected chi connectivity index (χ0v) is 14.1. The van der Waals surface area contributed by atoms with Gasteiger partial charge in [-0.25, -0.2) is 14.5 Å². The van der Waals surface area contributed by atoms with Crippen molar-refractivity contribution in [3.8, 4) is 0 Å². The van der Waals surface area contributed by atoms with Gasteiger partial charge in [0.25, 0.3) is 0 Å². The highest BCUT2D eigenvalue weighted by Crippen LogP contribution is 2.51. The molecule has 1 saturated heterocycles. The molecule has 21 heavy (non-hydrogen) atoms. The molecule has 0 radical (unpaired) electrons. The summed E-state index contributed by atoms with van der Waals surface area (Å²) in [5, 5.41) is 4.17. The van der Waals surface area contributed by atoms with Crippen LogP contribution in [0.4, 0.5) is 4.79 Å². The molecule has 0 atom stereocenters. The summed E-state index contributed by atoms with van der Waals surface area (Å²) in [6.07, 6.45) is 5.52.